The molecule has 16 heavy (non-hydrogen) atoms. The Bertz CT molecular complexity index is 363. The number of likely N-dealkylation sites (tertiary alicyclic amines) is 1. The molecule has 1 heterocycles. The van der Waals surface area contributed by atoms with Crippen molar-refractivity contribution in [3.63, 3.8) is 0 Å². The third-order valence-electron chi connectivity index (χ3n) is 2.96. The van der Waals surface area contributed by atoms with Crippen molar-refractivity contribution in [2.45, 2.75) is 32.2 Å². The summed E-state index contributed by atoms with van der Waals surface area (Å²) in [7, 11) is 0. The fraction of sp³-hybridized carbons (Fsp3) is 0.538. The minimum absolute atomic E-state index is 0.0390. The van der Waals surface area contributed by atoms with Gasteiger partial charge in [-0.25, -0.2) is 8.78 Å². The molecule has 0 radical (unpaired) electrons. The number of hydrogen-bond donors (Lipinski definition) is 0. The number of piperidine rings is 1. The first-order valence-electron chi connectivity index (χ1n) is 5.71. The predicted molar refractivity (Wildman–Crippen MR) is 60.6 cm³/mol. The number of aryl methyl sites for hydroxylation is 1. The predicted octanol–water partition coefficient (Wildman–Crippen LogP) is 3.23. The summed E-state index contributed by atoms with van der Waals surface area (Å²) in [5.41, 5.74) is 2.30. The molecule has 0 atom stereocenters. The Morgan fingerprint density at radius 2 is 2.19 bits per heavy atom. The number of alkyl halides is 2. The van der Waals surface area contributed by atoms with E-state index in [0.29, 0.717) is 13.0 Å². The second kappa shape index (κ2) is 4.50. The molecule has 88 valence electrons. The van der Waals surface area contributed by atoms with Crippen LogP contribution in [-0.4, -0.2) is 23.9 Å². The maximum atomic E-state index is 13.2. The topological polar surface area (TPSA) is 3.24 Å². The van der Waals surface area contributed by atoms with Crippen LogP contribution in [0.1, 0.15) is 24.0 Å². The monoisotopic (exact) mass is 225 g/mol. The molecule has 2 rings (SSSR count). The maximum Gasteiger partial charge on any atom is 0.260 e. The van der Waals surface area contributed by atoms with Gasteiger partial charge in [-0.05, 0) is 25.5 Å². The van der Waals surface area contributed by atoms with E-state index in [1.54, 1.807) is 0 Å². The van der Waals surface area contributed by atoms with E-state index in [4.69, 9.17) is 0 Å². The first-order valence-corrected chi connectivity index (χ1v) is 5.71. The third-order valence-corrected chi connectivity index (χ3v) is 2.96. The SMILES string of the molecule is Cc1cccc(CN2CCCC(F)(F)C2)c1. The van der Waals surface area contributed by atoms with E-state index in [0.717, 1.165) is 12.1 Å². The van der Waals surface area contributed by atoms with Crippen molar-refractivity contribution in [1.29, 1.82) is 0 Å². The van der Waals surface area contributed by atoms with Gasteiger partial charge in [-0.15, -0.1) is 0 Å². The van der Waals surface area contributed by atoms with E-state index < -0.39 is 5.92 Å². The summed E-state index contributed by atoms with van der Waals surface area (Å²) >= 11 is 0. The summed E-state index contributed by atoms with van der Waals surface area (Å²) < 4.78 is 26.4. The second-order valence-electron chi connectivity index (χ2n) is 4.66. The largest absolute Gasteiger partial charge is 0.293 e. The van der Waals surface area contributed by atoms with Gasteiger partial charge in [0.05, 0.1) is 6.54 Å². The summed E-state index contributed by atoms with van der Waals surface area (Å²) in [5, 5.41) is 0. The van der Waals surface area contributed by atoms with Crippen molar-refractivity contribution in [2.24, 2.45) is 0 Å². The van der Waals surface area contributed by atoms with Crippen molar-refractivity contribution in [2.75, 3.05) is 13.1 Å². The molecule has 1 aromatic carbocycles. The van der Waals surface area contributed by atoms with Crippen LogP contribution >= 0.6 is 0 Å². The molecule has 1 nitrogen and oxygen atoms in total. The zero-order valence-electron chi connectivity index (χ0n) is 9.55. The molecule has 1 aliphatic heterocycles. The van der Waals surface area contributed by atoms with Crippen LogP contribution in [0, 0.1) is 6.92 Å². The minimum Gasteiger partial charge on any atom is -0.293 e. The highest BCUT2D eigenvalue weighted by molar-refractivity contribution is 5.22. The first kappa shape index (κ1) is 11.5. The van der Waals surface area contributed by atoms with Crippen molar-refractivity contribution in [3.8, 4) is 0 Å². The molecule has 0 unspecified atom stereocenters. The van der Waals surface area contributed by atoms with Gasteiger partial charge in [0.1, 0.15) is 0 Å². The summed E-state index contributed by atoms with van der Waals surface area (Å²) in [5.74, 6) is -2.50. The first-order chi connectivity index (χ1) is 7.55. The highest BCUT2D eigenvalue weighted by Crippen LogP contribution is 2.27. The van der Waals surface area contributed by atoms with Gasteiger partial charge >= 0.3 is 0 Å². The van der Waals surface area contributed by atoms with Crippen LogP contribution < -0.4 is 0 Å². The van der Waals surface area contributed by atoms with Gasteiger partial charge in [-0.2, -0.15) is 0 Å². The lowest BCUT2D eigenvalue weighted by atomic mass is 10.1. The molecular formula is C13H17F2N. The van der Waals surface area contributed by atoms with Crippen LogP contribution in [0.5, 0.6) is 0 Å². The third kappa shape index (κ3) is 3.01. The van der Waals surface area contributed by atoms with Crippen LogP contribution in [0.4, 0.5) is 8.78 Å². The molecule has 0 aliphatic carbocycles. The molecule has 0 N–H and O–H groups in total. The number of rotatable bonds is 2. The average molecular weight is 225 g/mol. The molecule has 0 amide bonds. The molecule has 1 aromatic rings. The average Bonchev–Trinajstić information content (AvgIpc) is 2.15. The minimum atomic E-state index is -2.50. The standard InChI is InChI=1S/C13H17F2N/c1-11-4-2-5-12(8-11)9-16-7-3-6-13(14,15)10-16/h2,4-5,8H,3,6-7,9-10H2,1H3. The molecule has 0 spiro atoms. The van der Waals surface area contributed by atoms with E-state index in [1.165, 1.54) is 5.56 Å². The van der Waals surface area contributed by atoms with Gasteiger partial charge in [0.25, 0.3) is 5.92 Å². The van der Waals surface area contributed by atoms with Gasteiger partial charge < -0.3 is 0 Å². The summed E-state index contributed by atoms with van der Waals surface area (Å²) in [4.78, 5) is 1.85. The number of halogens is 2. The van der Waals surface area contributed by atoms with Gasteiger partial charge in [0, 0.05) is 13.0 Å². The summed E-state index contributed by atoms with van der Waals surface area (Å²) in [6.45, 7) is 3.34. The molecule has 3 heteroatoms. The van der Waals surface area contributed by atoms with Gasteiger partial charge in [-0.1, -0.05) is 29.8 Å². The maximum absolute atomic E-state index is 13.2. The highest BCUT2D eigenvalue weighted by Gasteiger charge is 2.34. The zero-order chi connectivity index (χ0) is 11.6. The van der Waals surface area contributed by atoms with E-state index in [9.17, 15) is 8.78 Å². The molecule has 0 saturated carbocycles. The molecule has 1 fully saturated rings. The normalized spacial score (nSPS) is 20.9. The smallest absolute Gasteiger partial charge is 0.260 e. The van der Waals surface area contributed by atoms with E-state index >= 15 is 0 Å². The van der Waals surface area contributed by atoms with Crippen LogP contribution in [-0.2, 0) is 6.54 Å². The molecular weight excluding hydrogens is 208 g/mol. The lowest BCUT2D eigenvalue weighted by Gasteiger charge is -2.32. The Hall–Kier alpha value is -0.960. The summed E-state index contributed by atoms with van der Waals surface area (Å²) in [6.07, 6.45) is 0.635. The molecule has 1 saturated heterocycles. The number of benzene rings is 1. The van der Waals surface area contributed by atoms with Crippen molar-refractivity contribution in [1.82, 2.24) is 4.90 Å². The Labute approximate surface area is 95.1 Å². The number of hydrogen-bond acceptors (Lipinski definition) is 1. The second-order valence-corrected chi connectivity index (χ2v) is 4.66. The van der Waals surface area contributed by atoms with E-state index in [1.807, 2.05) is 30.0 Å². The fourth-order valence-corrected chi connectivity index (χ4v) is 2.25. The van der Waals surface area contributed by atoms with Crippen molar-refractivity contribution in [3.05, 3.63) is 35.4 Å². The van der Waals surface area contributed by atoms with Crippen LogP contribution in [0.2, 0.25) is 0 Å². The quantitative estimate of drug-likeness (QED) is 0.747. The Morgan fingerprint density at radius 3 is 2.88 bits per heavy atom. The Balaban J connectivity index is 1.99. The van der Waals surface area contributed by atoms with Gasteiger partial charge in [0.15, 0.2) is 0 Å². The lowest BCUT2D eigenvalue weighted by Crippen LogP contribution is -2.41. The molecule has 0 aromatic heterocycles. The zero-order valence-corrected chi connectivity index (χ0v) is 9.55. The van der Waals surface area contributed by atoms with Crippen LogP contribution in [0.15, 0.2) is 24.3 Å². The van der Waals surface area contributed by atoms with Gasteiger partial charge in [-0.3, -0.25) is 4.90 Å². The van der Waals surface area contributed by atoms with Gasteiger partial charge in [0.2, 0.25) is 0 Å². The Morgan fingerprint density at radius 1 is 1.38 bits per heavy atom. The lowest BCUT2D eigenvalue weighted by molar-refractivity contribution is -0.0661. The molecule has 0 bridgehead atoms. The highest BCUT2D eigenvalue weighted by atomic mass is 19.3. The summed E-state index contributed by atoms with van der Waals surface area (Å²) in [6, 6.07) is 8.06. The van der Waals surface area contributed by atoms with Crippen molar-refractivity contribution >= 4 is 0 Å². The van der Waals surface area contributed by atoms with Crippen molar-refractivity contribution < 1.29 is 8.78 Å². The van der Waals surface area contributed by atoms with Crippen LogP contribution in [0.25, 0.3) is 0 Å². The molecule has 1 aliphatic rings. The Kier molecular flexibility index (Phi) is 3.24. The van der Waals surface area contributed by atoms with E-state index in [2.05, 4.69) is 6.07 Å². The number of nitrogens with zero attached hydrogens (tertiary/aromatic N) is 1. The fourth-order valence-electron chi connectivity index (χ4n) is 2.25. The van der Waals surface area contributed by atoms with E-state index in [-0.39, 0.29) is 13.0 Å². The van der Waals surface area contributed by atoms with Crippen LogP contribution in [0.3, 0.4) is 0 Å².